The Hall–Kier alpha value is -3.16. The molecular weight excluding hydrogens is 635 g/mol. The highest BCUT2D eigenvalue weighted by Crippen LogP contribution is 2.42. The van der Waals surface area contributed by atoms with Gasteiger partial charge in [-0.15, -0.1) is 11.3 Å². The molecule has 3 aromatic rings. The minimum Gasteiger partial charge on any atom is -0.381 e. The van der Waals surface area contributed by atoms with E-state index in [0.29, 0.717) is 24.3 Å². The van der Waals surface area contributed by atoms with Crippen molar-refractivity contribution in [2.24, 2.45) is 0 Å². The van der Waals surface area contributed by atoms with Crippen molar-refractivity contribution >= 4 is 27.3 Å². The topological polar surface area (TPSA) is 139 Å². The number of carbonyl (C=O) groups is 1. The summed E-state index contributed by atoms with van der Waals surface area (Å²) in [6.07, 6.45) is -9.94. The molecule has 1 fully saturated rings. The van der Waals surface area contributed by atoms with Crippen molar-refractivity contribution in [2.75, 3.05) is 13.1 Å². The van der Waals surface area contributed by atoms with Crippen molar-refractivity contribution in [3.05, 3.63) is 35.1 Å². The lowest BCUT2D eigenvalue weighted by Crippen LogP contribution is -2.43. The van der Waals surface area contributed by atoms with Gasteiger partial charge in [0.05, 0.1) is 10.4 Å². The molecule has 236 valence electrons. The second kappa shape index (κ2) is 11.7. The van der Waals surface area contributed by atoms with E-state index in [1.54, 1.807) is 0 Å². The summed E-state index contributed by atoms with van der Waals surface area (Å²) >= 11 is 0.537. The fourth-order valence-corrected chi connectivity index (χ4v) is 6.40. The lowest BCUT2D eigenvalue weighted by molar-refractivity contribution is -0.147. The van der Waals surface area contributed by atoms with Crippen molar-refractivity contribution < 1.29 is 53.6 Å². The van der Waals surface area contributed by atoms with Gasteiger partial charge in [0.15, 0.2) is 10.8 Å². The van der Waals surface area contributed by atoms with E-state index >= 15 is 4.39 Å². The Bertz CT molecular complexity index is 1610. The predicted molar refractivity (Wildman–Crippen MR) is 137 cm³/mol. The summed E-state index contributed by atoms with van der Waals surface area (Å²) in [6.45, 7) is 3.01. The van der Waals surface area contributed by atoms with Crippen LogP contribution in [0.3, 0.4) is 0 Å². The average molecular weight is 660 g/mol. The van der Waals surface area contributed by atoms with Gasteiger partial charge in [0.25, 0.3) is 18.2 Å². The largest absolute Gasteiger partial charge is 0.404 e. The molecule has 0 aliphatic carbocycles. The summed E-state index contributed by atoms with van der Waals surface area (Å²) in [7, 11) is -5.28. The lowest BCUT2D eigenvalue weighted by atomic mass is 10.0. The fraction of sp³-hybridized carbons (Fsp3) is 0.500. The summed E-state index contributed by atoms with van der Waals surface area (Å²) in [5, 5.41) is 13.6. The molecule has 43 heavy (non-hydrogen) atoms. The van der Waals surface area contributed by atoms with Crippen LogP contribution in [0, 0.1) is 5.82 Å². The Morgan fingerprint density at radius 3 is 2.35 bits per heavy atom. The molecule has 0 bridgehead atoms. The lowest BCUT2D eigenvalue weighted by Gasteiger charge is -2.28. The number of carbonyl (C=O) groups excluding carboxylic acids is 1. The molecule has 10 nitrogen and oxygen atoms in total. The van der Waals surface area contributed by atoms with E-state index in [4.69, 9.17) is 4.52 Å². The van der Waals surface area contributed by atoms with Crippen LogP contribution in [0.1, 0.15) is 62.0 Å². The summed E-state index contributed by atoms with van der Waals surface area (Å²) in [6, 6.07) is -1.46. The third-order valence-corrected chi connectivity index (χ3v) is 9.04. The first-order valence-corrected chi connectivity index (χ1v) is 14.8. The number of hydrogen-bond donors (Lipinski definition) is 2. The van der Waals surface area contributed by atoms with Gasteiger partial charge < -0.3 is 14.5 Å². The number of benzene rings is 1. The molecule has 1 aromatic carbocycles. The Morgan fingerprint density at radius 1 is 1.19 bits per heavy atom. The molecule has 0 radical (unpaired) electrons. The zero-order valence-electron chi connectivity index (χ0n) is 22.5. The number of hydrogen-bond acceptors (Lipinski definition) is 9. The summed E-state index contributed by atoms with van der Waals surface area (Å²) in [5.41, 5.74) is -4.27. The molecular formula is C24H24F7N5O5S2. The second-order valence-corrected chi connectivity index (χ2v) is 12.9. The quantitative estimate of drug-likeness (QED) is 0.324. The first kappa shape index (κ1) is 32.7. The van der Waals surface area contributed by atoms with Crippen molar-refractivity contribution in [1.29, 1.82) is 0 Å². The standard InChI is InChI=1S/C24H24F7N5O5S2/c1-10(24(29,30)31)35-43(39,40)13-5-4-12(14(15(13)26)18(27)28)17-16(21(37)36-8-6-11(25)7-9-36)32-20(42-17)19-33-22(41-34-19)23(2,3)38/h4-5,10-11,18,35,38H,6-9H2,1-3H3/t10-/m0/s1. The number of sulfonamides is 1. The maximum Gasteiger partial charge on any atom is 0.404 e. The van der Waals surface area contributed by atoms with Crippen LogP contribution in [-0.4, -0.2) is 70.9 Å². The van der Waals surface area contributed by atoms with Crippen LogP contribution in [0.4, 0.5) is 30.7 Å². The van der Waals surface area contributed by atoms with Crippen molar-refractivity contribution in [3.8, 4) is 21.3 Å². The van der Waals surface area contributed by atoms with Gasteiger partial charge in [-0.3, -0.25) is 4.79 Å². The summed E-state index contributed by atoms with van der Waals surface area (Å²) < 4.78 is 128. The molecule has 0 unspecified atom stereocenters. The minimum absolute atomic E-state index is 0.00926. The number of piperidine rings is 1. The Balaban J connectivity index is 1.88. The number of rotatable bonds is 8. The highest BCUT2D eigenvalue weighted by atomic mass is 32.2. The molecule has 1 amide bonds. The molecule has 2 N–H and O–H groups in total. The van der Waals surface area contributed by atoms with Crippen LogP contribution in [0.15, 0.2) is 21.6 Å². The first-order valence-electron chi connectivity index (χ1n) is 12.5. The molecule has 1 aliphatic heterocycles. The molecule has 3 heterocycles. The van der Waals surface area contributed by atoms with Gasteiger partial charge >= 0.3 is 6.18 Å². The number of alkyl halides is 6. The predicted octanol–water partition coefficient (Wildman–Crippen LogP) is 4.97. The van der Waals surface area contributed by atoms with E-state index in [2.05, 4.69) is 15.1 Å². The third-order valence-electron chi connectivity index (χ3n) is 6.40. The fourth-order valence-electron chi connectivity index (χ4n) is 4.06. The minimum atomic E-state index is -5.28. The first-order chi connectivity index (χ1) is 19.8. The number of thiazole rings is 1. The van der Waals surface area contributed by atoms with E-state index in [-0.39, 0.29) is 47.5 Å². The van der Waals surface area contributed by atoms with Crippen LogP contribution in [-0.2, 0) is 15.6 Å². The summed E-state index contributed by atoms with van der Waals surface area (Å²) in [5.74, 6) is -3.40. The molecule has 4 rings (SSSR count). The van der Waals surface area contributed by atoms with Gasteiger partial charge in [-0.05, 0) is 39.7 Å². The Kier molecular flexibility index (Phi) is 8.94. The molecule has 1 atom stereocenters. The van der Waals surface area contributed by atoms with Gasteiger partial charge in [0.1, 0.15) is 28.4 Å². The third kappa shape index (κ3) is 6.83. The molecule has 19 heteroatoms. The highest BCUT2D eigenvalue weighted by molar-refractivity contribution is 7.89. The highest BCUT2D eigenvalue weighted by Gasteiger charge is 2.40. The molecule has 1 aliphatic rings. The number of halogens is 7. The van der Waals surface area contributed by atoms with Gasteiger partial charge in [-0.1, -0.05) is 11.2 Å². The van der Waals surface area contributed by atoms with Crippen LogP contribution in [0.5, 0.6) is 0 Å². The maximum absolute atomic E-state index is 15.5. The number of aromatic nitrogens is 3. The van der Waals surface area contributed by atoms with E-state index in [9.17, 15) is 44.7 Å². The van der Waals surface area contributed by atoms with Crippen molar-refractivity contribution in [2.45, 2.75) is 68.9 Å². The second-order valence-electron chi connectivity index (χ2n) is 10.2. The van der Waals surface area contributed by atoms with Crippen LogP contribution < -0.4 is 4.72 Å². The molecule has 0 spiro atoms. The van der Waals surface area contributed by atoms with Crippen LogP contribution >= 0.6 is 11.3 Å². The Labute approximate surface area is 244 Å². The van der Waals surface area contributed by atoms with E-state index in [1.807, 2.05) is 0 Å². The smallest absolute Gasteiger partial charge is 0.381 e. The normalized spacial score (nSPS) is 16.2. The number of likely N-dealkylation sites (tertiary alicyclic amines) is 1. The average Bonchev–Trinajstić information content (AvgIpc) is 3.55. The van der Waals surface area contributed by atoms with Crippen LogP contribution in [0.2, 0.25) is 0 Å². The Morgan fingerprint density at radius 2 is 1.81 bits per heavy atom. The van der Waals surface area contributed by atoms with E-state index < -0.39 is 73.9 Å². The number of nitrogens with one attached hydrogen (secondary N) is 1. The van der Waals surface area contributed by atoms with Crippen LogP contribution in [0.25, 0.3) is 21.3 Å². The van der Waals surface area contributed by atoms with E-state index in [0.717, 1.165) is 6.07 Å². The van der Waals surface area contributed by atoms with Crippen molar-refractivity contribution in [3.63, 3.8) is 0 Å². The molecule has 1 saturated heterocycles. The number of aliphatic hydroxyl groups is 1. The molecule has 0 saturated carbocycles. The van der Waals surface area contributed by atoms with Gasteiger partial charge in [-0.25, -0.2) is 31.0 Å². The monoisotopic (exact) mass is 659 g/mol. The number of amides is 1. The van der Waals surface area contributed by atoms with Gasteiger partial charge in [0, 0.05) is 18.7 Å². The van der Waals surface area contributed by atoms with Gasteiger partial charge in [0.2, 0.25) is 15.8 Å². The maximum atomic E-state index is 15.5. The number of nitrogens with zero attached hydrogens (tertiary/aromatic N) is 4. The molecule has 2 aromatic heterocycles. The SMILES string of the molecule is C[C@H](NS(=O)(=O)c1ccc(-c2sc(-c3noc(C(C)(C)O)n3)nc2C(=O)N2CCC(F)CC2)c(C(F)F)c1F)C(F)(F)F. The van der Waals surface area contributed by atoms with Crippen molar-refractivity contribution in [1.82, 2.24) is 24.7 Å². The summed E-state index contributed by atoms with van der Waals surface area (Å²) in [4.78, 5) is 21.0. The zero-order chi connectivity index (χ0) is 32.1. The van der Waals surface area contributed by atoms with E-state index in [1.165, 1.54) is 23.5 Å². The zero-order valence-corrected chi connectivity index (χ0v) is 24.2. The van der Waals surface area contributed by atoms with Gasteiger partial charge in [-0.2, -0.15) is 22.9 Å².